The number of hydrogen-bond donors (Lipinski definition) is 3. The second-order valence-corrected chi connectivity index (χ2v) is 7.15. The fraction of sp³-hybridized carbons (Fsp3) is 0.273. The van der Waals surface area contributed by atoms with Crippen molar-refractivity contribution in [1.82, 2.24) is 15.8 Å². The summed E-state index contributed by atoms with van der Waals surface area (Å²) >= 11 is 0. The maximum Gasteiger partial charge on any atom is 0.257 e. The third kappa shape index (κ3) is 4.18. The van der Waals surface area contributed by atoms with E-state index in [1.54, 1.807) is 13.3 Å². The average Bonchev–Trinajstić information content (AvgIpc) is 3.14. The smallest absolute Gasteiger partial charge is 0.257 e. The summed E-state index contributed by atoms with van der Waals surface area (Å²) in [5.41, 5.74) is 9.17. The first-order chi connectivity index (χ1) is 14.1. The summed E-state index contributed by atoms with van der Waals surface area (Å²) in [6.07, 6.45) is 4.00. The van der Waals surface area contributed by atoms with Crippen molar-refractivity contribution in [1.29, 1.82) is 0 Å². The molecule has 3 N–H and O–H groups in total. The highest BCUT2D eigenvalue weighted by Crippen LogP contribution is 2.26. The first-order valence-corrected chi connectivity index (χ1v) is 9.68. The van der Waals surface area contributed by atoms with Crippen LogP contribution in [0.2, 0.25) is 0 Å². The van der Waals surface area contributed by atoms with Crippen LogP contribution in [-0.2, 0) is 22.4 Å². The maximum absolute atomic E-state index is 12.3. The van der Waals surface area contributed by atoms with E-state index in [-0.39, 0.29) is 24.8 Å². The molecular weight excluding hydrogens is 368 g/mol. The van der Waals surface area contributed by atoms with Gasteiger partial charge in [0.15, 0.2) is 0 Å². The number of carbonyl (C=O) groups is 2. The molecule has 1 aliphatic heterocycles. The van der Waals surface area contributed by atoms with Gasteiger partial charge in [-0.25, -0.2) is 0 Å². The standard InChI is InChI=1S/C22H24N4O3/c1-29-17-8-9-19-18(12-17)16(13-23-19)11-21(27)24-25-22(28)14-26-10-4-6-15-5-2-3-7-20(15)26/h2-3,5,7-9,12-13,23H,4,6,10-11,14H2,1H3,(H,24,27)(H,25,28). The number of para-hydroxylation sites is 1. The number of ether oxygens (including phenoxy) is 1. The Morgan fingerprint density at radius 1 is 1.14 bits per heavy atom. The topological polar surface area (TPSA) is 86.5 Å². The quantitative estimate of drug-likeness (QED) is 0.582. The Kier molecular flexibility index (Phi) is 5.37. The molecule has 1 aliphatic rings. The number of aryl methyl sites for hydroxylation is 1. The summed E-state index contributed by atoms with van der Waals surface area (Å²) in [7, 11) is 1.61. The van der Waals surface area contributed by atoms with Crippen LogP contribution in [0.4, 0.5) is 5.69 Å². The lowest BCUT2D eigenvalue weighted by Crippen LogP contribution is -2.47. The van der Waals surface area contributed by atoms with E-state index < -0.39 is 0 Å². The predicted molar refractivity (Wildman–Crippen MR) is 112 cm³/mol. The Morgan fingerprint density at radius 3 is 2.83 bits per heavy atom. The van der Waals surface area contributed by atoms with Crippen molar-refractivity contribution >= 4 is 28.4 Å². The normalized spacial score (nSPS) is 13.1. The van der Waals surface area contributed by atoms with E-state index in [0.29, 0.717) is 0 Å². The van der Waals surface area contributed by atoms with Crippen molar-refractivity contribution in [2.24, 2.45) is 0 Å². The molecule has 7 nitrogen and oxygen atoms in total. The molecule has 7 heteroatoms. The summed E-state index contributed by atoms with van der Waals surface area (Å²) < 4.78 is 5.25. The van der Waals surface area contributed by atoms with E-state index in [1.165, 1.54) is 5.56 Å². The summed E-state index contributed by atoms with van der Waals surface area (Å²) in [5.74, 6) is 0.214. The van der Waals surface area contributed by atoms with E-state index in [0.717, 1.165) is 47.3 Å². The molecule has 0 saturated heterocycles. The van der Waals surface area contributed by atoms with Crippen molar-refractivity contribution in [2.75, 3.05) is 25.1 Å². The largest absolute Gasteiger partial charge is 0.497 e. The number of rotatable bonds is 5. The summed E-state index contributed by atoms with van der Waals surface area (Å²) in [6.45, 7) is 1.04. The van der Waals surface area contributed by atoms with Crippen molar-refractivity contribution < 1.29 is 14.3 Å². The van der Waals surface area contributed by atoms with Gasteiger partial charge in [-0.05, 0) is 48.2 Å². The maximum atomic E-state index is 12.3. The van der Waals surface area contributed by atoms with E-state index in [1.807, 2.05) is 41.3 Å². The van der Waals surface area contributed by atoms with Crippen LogP contribution in [0.25, 0.3) is 10.9 Å². The third-order valence-corrected chi connectivity index (χ3v) is 5.21. The number of methoxy groups -OCH3 is 1. The lowest BCUT2D eigenvalue weighted by molar-refractivity contribution is -0.127. The fourth-order valence-corrected chi connectivity index (χ4v) is 3.78. The minimum atomic E-state index is -0.277. The molecule has 2 amide bonds. The first kappa shape index (κ1) is 18.9. The molecule has 0 saturated carbocycles. The zero-order chi connectivity index (χ0) is 20.2. The van der Waals surface area contributed by atoms with E-state index >= 15 is 0 Å². The Labute approximate surface area is 169 Å². The van der Waals surface area contributed by atoms with Gasteiger partial charge < -0.3 is 14.6 Å². The SMILES string of the molecule is COc1ccc2[nH]cc(CC(=O)NNC(=O)CN3CCCc4ccccc43)c2c1. The highest BCUT2D eigenvalue weighted by atomic mass is 16.5. The number of anilines is 1. The molecule has 0 spiro atoms. The van der Waals surface area contributed by atoms with Crippen LogP contribution < -0.4 is 20.5 Å². The van der Waals surface area contributed by atoms with Gasteiger partial charge in [0.25, 0.3) is 5.91 Å². The van der Waals surface area contributed by atoms with Gasteiger partial charge in [-0.3, -0.25) is 20.4 Å². The van der Waals surface area contributed by atoms with Crippen molar-refractivity contribution in [2.45, 2.75) is 19.3 Å². The number of carbonyl (C=O) groups excluding carboxylic acids is 2. The number of nitrogens with zero attached hydrogens (tertiary/aromatic N) is 1. The van der Waals surface area contributed by atoms with Gasteiger partial charge in [0.05, 0.1) is 20.1 Å². The highest BCUT2D eigenvalue weighted by molar-refractivity contribution is 5.91. The van der Waals surface area contributed by atoms with Crippen molar-refractivity contribution in [3.05, 3.63) is 59.8 Å². The van der Waals surface area contributed by atoms with Gasteiger partial charge >= 0.3 is 0 Å². The van der Waals surface area contributed by atoms with E-state index in [2.05, 4.69) is 21.9 Å². The third-order valence-electron chi connectivity index (χ3n) is 5.21. The zero-order valence-corrected chi connectivity index (χ0v) is 16.3. The summed E-state index contributed by atoms with van der Waals surface area (Å²) in [5, 5.41) is 0.927. The van der Waals surface area contributed by atoms with Crippen LogP contribution in [0.3, 0.4) is 0 Å². The first-order valence-electron chi connectivity index (χ1n) is 9.68. The molecule has 150 valence electrons. The Hall–Kier alpha value is -3.48. The van der Waals surface area contributed by atoms with Gasteiger partial charge in [-0.15, -0.1) is 0 Å². The second-order valence-electron chi connectivity index (χ2n) is 7.15. The van der Waals surface area contributed by atoms with Gasteiger partial charge in [-0.1, -0.05) is 18.2 Å². The number of aromatic nitrogens is 1. The second kappa shape index (κ2) is 8.26. The molecule has 3 aromatic rings. The lowest BCUT2D eigenvalue weighted by atomic mass is 10.0. The Balaban J connectivity index is 1.33. The predicted octanol–water partition coefficient (Wildman–Crippen LogP) is 2.32. The molecule has 1 aromatic heterocycles. The molecule has 4 rings (SSSR count). The van der Waals surface area contributed by atoms with Crippen molar-refractivity contribution in [3.63, 3.8) is 0 Å². The van der Waals surface area contributed by atoms with Crippen LogP contribution in [0.15, 0.2) is 48.7 Å². The fourth-order valence-electron chi connectivity index (χ4n) is 3.78. The number of nitrogens with one attached hydrogen (secondary N) is 3. The van der Waals surface area contributed by atoms with Gasteiger partial charge in [0.1, 0.15) is 5.75 Å². The monoisotopic (exact) mass is 392 g/mol. The Bertz CT molecular complexity index is 1040. The minimum Gasteiger partial charge on any atom is -0.497 e. The molecular formula is C22H24N4O3. The number of amides is 2. The van der Waals surface area contributed by atoms with Crippen molar-refractivity contribution in [3.8, 4) is 5.75 Å². The molecule has 0 fully saturated rings. The van der Waals surface area contributed by atoms with Gasteiger partial charge in [0.2, 0.25) is 5.91 Å². The number of fused-ring (bicyclic) bond motifs is 2. The number of benzene rings is 2. The van der Waals surface area contributed by atoms with Crippen LogP contribution in [0, 0.1) is 0 Å². The summed E-state index contributed by atoms with van der Waals surface area (Å²) in [6, 6.07) is 13.8. The molecule has 0 bridgehead atoms. The summed E-state index contributed by atoms with van der Waals surface area (Å²) in [4.78, 5) is 29.8. The number of H-pyrrole nitrogens is 1. The van der Waals surface area contributed by atoms with Crippen LogP contribution >= 0.6 is 0 Å². The van der Waals surface area contributed by atoms with Crippen LogP contribution in [-0.4, -0.2) is 37.0 Å². The molecule has 0 aliphatic carbocycles. The number of aromatic amines is 1. The van der Waals surface area contributed by atoms with Crippen LogP contribution in [0.1, 0.15) is 17.5 Å². The molecule has 29 heavy (non-hydrogen) atoms. The minimum absolute atomic E-state index is 0.153. The van der Waals surface area contributed by atoms with Gasteiger partial charge in [-0.2, -0.15) is 0 Å². The highest BCUT2D eigenvalue weighted by Gasteiger charge is 2.19. The van der Waals surface area contributed by atoms with Crippen LogP contribution in [0.5, 0.6) is 5.75 Å². The number of hydrogen-bond acceptors (Lipinski definition) is 4. The molecule has 0 radical (unpaired) electrons. The molecule has 2 heterocycles. The average molecular weight is 392 g/mol. The van der Waals surface area contributed by atoms with E-state index in [9.17, 15) is 9.59 Å². The number of hydrazine groups is 1. The lowest BCUT2D eigenvalue weighted by Gasteiger charge is -2.30. The zero-order valence-electron chi connectivity index (χ0n) is 16.3. The van der Waals surface area contributed by atoms with E-state index in [4.69, 9.17) is 4.74 Å². The van der Waals surface area contributed by atoms with Gasteiger partial charge in [0, 0.05) is 29.3 Å². The molecule has 0 unspecified atom stereocenters. The molecule has 2 aromatic carbocycles. The Morgan fingerprint density at radius 2 is 1.97 bits per heavy atom. The molecule has 0 atom stereocenters.